The Hall–Kier alpha value is -2.36. The zero-order chi connectivity index (χ0) is 14.8. The molecule has 2 aromatic rings. The van der Waals surface area contributed by atoms with Crippen LogP contribution in [0.2, 0.25) is 0 Å². The van der Waals surface area contributed by atoms with Gasteiger partial charge in [0.25, 0.3) is 5.91 Å². The molecule has 0 bridgehead atoms. The number of benzene rings is 1. The standard InChI is InChI=1S/C17H18N2O2/c1-12-3-2-4-13(9-12)11-19(15-5-6-15)17(21)14-7-8-18-16(20)10-14/h2-4,7-10,15H,5-6,11H2,1H3,(H,18,20). The number of H-pyrrole nitrogens is 1. The number of amides is 1. The predicted molar refractivity (Wildman–Crippen MR) is 81.1 cm³/mol. The van der Waals surface area contributed by atoms with E-state index in [0.29, 0.717) is 18.2 Å². The lowest BCUT2D eigenvalue weighted by Crippen LogP contribution is -2.33. The molecule has 0 saturated heterocycles. The molecule has 0 unspecified atom stereocenters. The first-order valence-electron chi connectivity index (χ1n) is 7.19. The van der Waals surface area contributed by atoms with Gasteiger partial charge in [0.05, 0.1) is 0 Å². The molecular weight excluding hydrogens is 264 g/mol. The molecule has 3 rings (SSSR count). The van der Waals surface area contributed by atoms with E-state index in [-0.39, 0.29) is 11.5 Å². The predicted octanol–water partition coefficient (Wildman–Crippen LogP) is 2.49. The number of nitrogens with zero attached hydrogens (tertiary/aromatic N) is 1. The number of carbonyl (C=O) groups is 1. The fraction of sp³-hybridized carbons (Fsp3) is 0.294. The van der Waals surface area contributed by atoms with Gasteiger partial charge in [-0.25, -0.2) is 0 Å². The van der Waals surface area contributed by atoms with Gasteiger partial charge in [0.2, 0.25) is 5.56 Å². The Morgan fingerprint density at radius 3 is 2.76 bits per heavy atom. The Kier molecular flexibility index (Phi) is 3.60. The van der Waals surface area contributed by atoms with Crippen LogP contribution in [0.4, 0.5) is 0 Å². The highest BCUT2D eigenvalue weighted by molar-refractivity contribution is 5.94. The van der Waals surface area contributed by atoms with Crippen LogP contribution in [0.5, 0.6) is 0 Å². The molecule has 1 aliphatic carbocycles. The number of rotatable bonds is 4. The van der Waals surface area contributed by atoms with E-state index < -0.39 is 0 Å². The number of pyridine rings is 1. The SMILES string of the molecule is Cc1cccc(CN(C(=O)c2cc[nH]c(=O)c2)C2CC2)c1. The van der Waals surface area contributed by atoms with Gasteiger partial charge in [0.15, 0.2) is 0 Å². The molecule has 108 valence electrons. The number of aromatic nitrogens is 1. The molecule has 0 radical (unpaired) electrons. The summed E-state index contributed by atoms with van der Waals surface area (Å²) in [6.07, 6.45) is 3.61. The average molecular weight is 282 g/mol. The molecule has 0 atom stereocenters. The van der Waals surface area contributed by atoms with Gasteiger partial charge in [-0.05, 0) is 31.4 Å². The van der Waals surface area contributed by atoms with Crippen LogP contribution in [0.3, 0.4) is 0 Å². The van der Waals surface area contributed by atoms with Gasteiger partial charge < -0.3 is 9.88 Å². The zero-order valence-corrected chi connectivity index (χ0v) is 12.0. The molecule has 1 aromatic heterocycles. The van der Waals surface area contributed by atoms with Crippen LogP contribution in [0.25, 0.3) is 0 Å². The Morgan fingerprint density at radius 1 is 1.29 bits per heavy atom. The van der Waals surface area contributed by atoms with Crippen molar-refractivity contribution < 1.29 is 4.79 Å². The van der Waals surface area contributed by atoms with Gasteiger partial charge in [-0.3, -0.25) is 9.59 Å². The van der Waals surface area contributed by atoms with Gasteiger partial charge in [0.1, 0.15) is 0 Å². The fourth-order valence-electron chi connectivity index (χ4n) is 2.50. The normalized spacial score (nSPS) is 14.0. The summed E-state index contributed by atoms with van der Waals surface area (Å²) in [6, 6.07) is 11.5. The van der Waals surface area contributed by atoms with Crippen molar-refractivity contribution >= 4 is 5.91 Å². The quantitative estimate of drug-likeness (QED) is 0.936. The topological polar surface area (TPSA) is 53.2 Å². The van der Waals surface area contributed by atoms with Crippen LogP contribution < -0.4 is 5.56 Å². The van der Waals surface area contributed by atoms with Crippen molar-refractivity contribution in [3.63, 3.8) is 0 Å². The van der Waals surface area contributed by atoms with Crippen molar-refractivity contribution in [2.24, 2.45) is 0 Å². The molecule has 0 spiro atoms. The van der Waals surface area contributed by atoms with E-state index in [2.05, 4.69) is 11.1 Å². The summed E-state index contributed by atoms with van der Waals surface area (Å²) in [5.41, 5.74) is 2.53. The second kappa shape index (κ2) is 5.56. The van der Waals surface area contributed by atoms with Gasteiger partial charge >= 0.3 is 0 Å². The van der Waals surface area contributed by atoms with Crippen LogP contribution in [-0.2, 0) is 6.54 Å². The molecule has 4 nitrogen and oxygen atoms in total. The number of nitrogens with one attached hydrogen (secondary N) is 1. The van der Waals surface area contributed by atoms with Crippen LogP contribution in [0.1, 0.15) is 34.3 Å². The van der Waals surface area contributed by atoms with Crippen molar-refractivity contribution in [2.45, 2.75) is 32.4 Å². The molecule has 1 heterocycles. The second-order valence-electron chi connectivity index (χ2n) is 5.59. The Morgan fingerprint density at radius 2 is 2.10 bits per heavy atom. The van der Waals surface area contributed by atoms with E-state index in [1.165, 1.54) is 17.8 Å². The fourth-order valence-corrected chi connectivity index (χ4v) is 2.50. The lowest BCUT2D eigenvalue weighted by Gasteiger charge is -2.22. The molecule has 1 aromatic carbocycles. The first-order valence-corrected chi connectivity index (χ1v) is 7.19. The maximum absolute atomic E-state index is 12.6. The minimum absolute atomic E-state index is 0.0647. The third kappa shape index (κ3) is 3.21. The van der Waals surface area contributed by atoms with Crippen molar-refractivity contribution in [3.05, 3.63) is 69.6 Å². The number of hydrogen-bond donors (Lipinski definition) is 1. The van der Waals surface area contributed by atoms with E-state index in [0.717, 1.165) is 18.4 Å². The first kappa shape index (κ1) is 13.6. The average Bonchev–Trinajstić information content (AvgIpc) is 3.29. The van der Waals surface area contributed by atoms with Gasteiger partial charge in [-0.15, -0.1) is 0 Å². The molecule has 1 amide bonds. The first-order chi connectivity index (χ1) is 10.1. The Labute approximate surface area is 123 Å². The maximum atomic E-state index is 12.6. The second-order valence-corrected chi connectivity index (χ2v) is 5.59. The van der Waals surface area contributed by atoms with Crippen LogP contribution in [0.15, 0.2) is 47.4 Å². The van der Waals surface area contributed by atoms with E-state index in [1.807, 2.05) is 30.0 Å². The summed E-state index contributed by atoms with van der Waals surface area (Å²) < 4.78 is 0. The summed E-state index contributed by atoms with van der Waals surface area (Å²) in [5, 5.41) is 0. The van der Waals surface area contributed by atoms with Crippen molar-refractivity contribution in [1.29, 1.82) is 0 Å². The van der Waals surface area contributed by atoms with E-state index in [4.69, 9.17) is 0 Å². The largest absolute Gasteiger partial charge is 0.331 e. The molecule has 4 heteroatoms. The van der Waals surface area contributed by atoms with Crippen molar-refractivity contribution in [3.8, 4) is 0 Å². The van der Waals surface area contributed by atoms with E-state index >= 15 is 0 Å². The highest BCUT2D eigenvalue weighted by Gasteiger charge is 2.33. The number of aromatic amines is 1. The van der Waals surface area contributed by atoms with E-state index in [9.17, 15) is 9.59 Å². The lowest BCUT2D eigenvalue weighted by atomic mass is 10.1. The summed E-state index contributed by atoms with van der Waals surface area (Å²) in [6.45, 7) is 2.64. The highest BCUT2D eigenvalue weighted by Crippen LogP contribution is 2.29. The number of carbonyl (C=O) groups excluding carboxylic acids is 1. The zero-order valence-electron chi connectivity index (χ0n) is 12.0. The van der Waals surface area contributed by atoms with Gasteiger partial charge in [0, 0.05) is 30.4 Å². The molecule has 1 fully saturated rings. The third-order valence-electron chi connectivity index (χ3n) is 3.71. The molecule has 0 aliphatic heterocycles. The minimum atomic E-state index is -0.243. The number of hydrogen-bond acceptors (Lipinski definition) is 2. The van der Waals surface area contributed by atoms with E-state index in [1.54, 1.807) is 6.07 Å². The van der Waals surface area contributed by atoms with Crippen molar-refractivity contribution in [1.82, 2.24) is 9.88 Å². The van der Waals surface area contributed by atoms with Gasteiger partial charge in [-0.1, -0.05) is 29.8 Å². The highest BCUT2D eigenvalue weighted by atomic mass is 16.2. The smallest absolute Gasteiger partial charge is 0.254 e. The summed E-state index contributed by atoms with van der Waals surface area (Å²) in [4.78, 5) is 28.4. The van der Waals surface area contributed by atoms with Crippen LogP contribution >= 0.6 is 0 Å². The monoisotopic (exact) mass is 282 g/mol. The molecule has 1 N–H and O–H groups in total. The summed E-state index contributed by atoms with van der Waals surface area (Å²) >= 11 is 0. The minimum Gasteiger partial charge on any atom is -0.331 e. The third-order valence-corrected chi connectivity index (χ3v) is 3.71. The van der Waals surface area contributed by atoms with Gasteiger partial charge in [-0.2, -0.15) is 0 Å². The Balaban J connectivity index is 1.85. The maximum Gasteiger partial charge on any atom is 0.254 e. The van der Waals surface area contributed by atoms with Crippen LogP contribution in [-0.4, -0.2) is 21.8 Å². The van der Waals surface area contributed by atoms with Crippen molar-refractivity contribution in [2.75, 3.05) is 0 Å². The lowest BCUT2D eigenvalue weighted by molar-refractivity contribution is 0.0729. The van der Waals surface area contributed by atoms with Crippen LogP contribution in [0, 0.1) is 6.92 Å². The Bertz CT molecular complexity index is 716. The summed E-state index contributed by atoms with van der Waals surface area (Å²) in [7, 11) is 0. The molecule has 1 aliphatic rings. The number of aryl methyl sites for hydroxylation is 1. The molecular formula is C17H18N2O2. The summed E-state index contributed by atoms with van der Waals surface area (Å²) in [5.74, 6) is -0.0647. The molecule has 1 saturated carbocycles. The molecule has 21 heavy (non-hydrogen) atoms.